The van der Waals surface area contributed by atoms with E-state index >= 15 is 0 Å². The number of aromatic nitrogens is 2. The number of piperazine rings is 1. The summed E-state index contributed by atoms with van der Waals surface area (Å²) in [5, 5.41) is 12.6. The van der Waals surface area contributed by atoms with Gasteiger partial charge in [-0.15, -0.1) is 0 Å². The van der Waals surface area contributed by atoms with Crippen LogP contribution in [-0.2, 0) is 4.74 Å². The highest BCUT2D eigenvalue weighted by Gasteiger charge is 2.48. The number of benzene rings is 1. The van der Waals surface area contributed by atoms with E-state index in [2.05, 4.69) is 31.2 Å². The lowest BCUT2D eigenvalue weighted by Gasteiger charge is -2.56. The van der Waals surface area contributed by atoms with E-state index in [9.17, 15) is 9.59 Å². The van der Waals surface area contributed by atoms with Crippen molar-refractivity contribution in [3.8, 4) is 11.8 Å². The minimum absolute atomic E-state index is 0.0427. The van der Waals surface area contributed by atoms with Crippen LogP contribution in [0.2, 0.25) is 5.02 Å². The molecule has 0 bridgehead atoms. The van der Waals surface area contributed by atoms with Crippen molar-refractivity contribution in [3.05, 3.63) is 46.9 Å². The fraction of sp³-hybridized carbons (Fsp3) is 0.629. The van der Waals surface area contributed by atoms with Gasteiger partial charge in [-0.05, 0) is 89.7 Å². The Morgan fingerprint density at radius 2 is 1.70 bits per heavy atom. The van der Waals surface area contributed by atoms with Gasteiger partial charge in [-0.1, -0.05) is 11.6 Å². The first-order chi connectivity index (χ1) is 22.5. The van der Waals surface area contributed by atoms with Gasteiger partial charge in [0.25, 0.3) is 5.91 Å². The fourth-order valence-electron chi connectivity index (χ4n) is 7.45. The summed E-state index contributed by atoms with van der Waals surface area (Å²) in [6.07, 6.45) is 10.9. The summed E-state index contributed by atoms with van der Waals surface area (Å²) in [6.45, 7) is 11.1. The van der Waals surface area contributed by atoms with Gasteiger partial charge in [-0.25, -0.2) is 14.8 Å². The first kappa shape index (κ1) is 33.3. The number of nitrogens with one attached hydrogen (secondary N) is 1. The van der Waals surface area contributed by atoms with Crippen molar-refractivity contribution in [1.82, 2.24) is 25.1 Å². The molecule has 2 amide bonds. The number of anilines is 1. The zero-order valence-electron chi connectivity index (χ0n) is 27.7. The molecule has 11 nitrogen and oxygen atoms in total. The number of hydrogen-bond acceptors (Lipinski definition) is 9. The molecule has 2 aromatic rings. The molecule has 4 fully saturated rings. The number of nitrogens with zero attached hydrogens (tertiary/aromatic N) is 6. The zero-order valence-corrected chi connectivity index (χ0v) is 28.5. The van der Waals surface area contributed by atoms with E-state index in [1.807, 2.05) is 25.7 Å². The molecule has 1 aromatic heterocycles. The highest BCUT2D eigenvalue weighted by atomic mass is 35.5. The van der Waals surface area contributed by atoms with Crippen LogP contribution in [0.5, 0.6) is 5.75 Å². The summed E-state index contributed by atoms with van der Waals surface area (Å²) in [5.41, 5.74) is 0.672. The predicted molar refractivity (Wildman–Crippen MR) is 179 cm³/mol. The molecule has 1 N–H and O–H groups in total. The molecule has 0 radical (unpaired) electrons. The second kappa shape index (κ2) is 13.9. The van der Waals surface area contributed by atoms with Crippen molar-refractivity contribution in [1.29, 1.82) is 5.26 Å². The van der Waals surface area contributed by atoms with Crippen molar-refractivity contribution in [3.63, 3.8) is 0 Å². The number of nitriles is 1. The highest BCUT2D eigenvalue weighted by Crippen LogP contribution is 2.51. The molecule has 1 spiro atoms. The van der Waals surface area contributed by atoms with Crippen molar-refractivity contribution >= 4 is 29.4 Å². The Morgan fingerprint density at radius 3 is 2.30 bits per heavy atom. The van der Waals surface area contributed by atoms with Crippen molar-refractivity contribution in [2.45, 2.75) is 95.9 Å². The summed E-state index contributed by atoms with van der Waals surface area (Å²) in [5.74, 6) is 1.26. The van der Waals surface area contributed by atoms with E-state index in [-0.39, 0.29) is 24.1 Å². The molecule has 3 heterocycles. The molecule has 47 heavy (non-hydrogen) atoms. The van der Waals surface area contributed by atoms with Crippen molar-refractivity contribution in [2.75, 3.05) is 44.2 Å². The third-order valence-electron chi connectivity index (χ3n) is 10.2. The van der Waals surface area contributed by atoms with Gasteiger partial charge in [0.15, 0.2) is 0 Å². The Labute approximate surface area is 282 Å². The zero-order chi connectivity index (χ0) is 33.2. The predicted octanol–water partition coefficient (Wildman–Crippen LogP) is 5.42. The Kier molecular flexibility index (Phi) is 9.81. The summed E-state index contributed by atoms with van der Waals surface area (Å²) in [4.78, 5) is 41.2. The van der Waals surface area contributed by atoms with Crippen LogP contribution < -0.4 is 15.0 Å². The van der Waals surface area contributed by atoms with Gasteiger partial charge in [-0.2, -0.15) is 5.26 Å². The molecule has 2 saturated heterocycles. The molecule has 6 rings (SSSR count). The first-order valence-electron chi connectivity index (χ1n) is 17.0. The second-order valence-corrected chi connectivity index (χ2v) is 15.0. The minimum Gasteiger partial charge on any atom is -0.490 e. The molecule has 1 aromatic carbocycles. The Morgan fingerprint density at radius 1 is 1.00 bits per heavy atom. The van der Waals surface area contributed by atoms with Gasteiger partial charge in [0.2, 0.25) is 0 Å². The van der Waals surface area contributed by atoms with E-state index in [0.717, 1.165) is 83.6 Å². The van der Waals surface area contributed by atoms with E-state index in [4.69, 9.17) is 26.3 Å². The quantitative estimate of drug-likeness (QED) is 0.431. The van der Waals surface area contributed by atoms with Crippen LogP contribution in [-0.4, -0.2) is 94.8 Å². The maximum atomic E-state index is 12.9. The maximum Gasteiger partial charge on any atom is 0.410 e. The summed E-state index contributed by atoms with van der Waals surface area (Å²) < 4.78 is 11.6. The molecule has 0 unspecified atom stereocenters. The molecule has 2 saturated carbocycles. The molecular weight excluding hydrogens is 618 g/mol. The van der Waals surface area contributed by atoms with Crippen molar-refractivity contribution < 1.29 is 19.1 Å². The van der Waals surface area contributed by atoms with Crippen LogP contribution >= 0.6 is 11.6 Å². The Bertz CT molecular complexity index is 1460. The monoisotopic (exact) mass is 663 g/mol. The molecule has 12 heteroatoms. The van der Waals surface area contributed by atoms with Gasteiger partial charge in [0.1, 0.15) is 28.9 Å². The van der Waals surface area contributed by atoms with Crippen LogP contribution in [0.1, 0.15) is 88.2 Å². The molecule has 0 atom stereocenters. The topological polar surface area (TPSA) is 124 Å². The number of likely N-dealkylation sites (tertiary alicyclic amines) is 1. The van der Waals surface area contributed by atoms with Gasteiger partial charge < -0.3 is 24.6 Å². The molecular formula is C35H46ClN7O4. The lowest BCUT2D eigenvalue weighted by atomic mass is 9.60. The minimum atomic E-state index is -0.457. The van der Waals surface area contributed by atoms with E-state index in [0.29, 0.717) is 33.5 Å². The van der Waals surface area contributed by atoms with Crippen LogP contribution in [0.15, 0.2) is 30.6 Å². The third-order valence-corrected chi connectivity index (χ3v) is 10.5. The second-order valence-electron chi connectivity index (χ2n) is 14.6. The highest BCUT2D eigenvalue weighted by molar-refractivity contribution is 6.31. The van der Waals surface area contributed by atoms with Gasteiger partial charge in [0, 0.05) is 57.4 Å². The van der Waals surface area contributed by atoms with Gasteiger partial charge in [-0.3, -0.25) is 9.69 Å². The Balaban J connectivity index is 0.893. The SMILES string of the molecule is CC(C)(C)OC(=O)N1CCC2(CC1)CC(N1CCN(c3cnc(C(=O)NC4CCC(Oc5ccc(C#N)c(Cl)c5)CC4)cn3)CC1)C2. The van der Waals surface area contributed by atoms with E-state index in [1.165, 1.54) is 12.8 Å². The molecule has 4 aliphatic rings. The van der Waals surface area contributed by atoms with E-state index in [1.54, 1.807) is 30.6 Å². The number of piperidine rings is 1. The maximum absolute atomic E-state index is 12.9. The smallest absolute Gasteiger partial charge is 0.410 e. The molecule has 2 aliphatic heterocycles. The lowest BCUT2D eigenvalue weighted by molar-refractivity contribution is -0.0489. The number of amides is 2. The number of rotatable bonds is 6. The summed E-state index contributed by atoms with van der Waals surface area (Å²) in [7, 11) is 0. The Hall–Kier alpha value is -3.62. The van der Waals surface area contributed by atoms with Crippen LogP contribution in [0.25, 0.3) is 0 Å². The van der Waals surface area contributed by atoms with Crippen LogP contribution in [0.3, 0.4) is 0 Å². The van der Waals surface area contributed by atoms with Crippen LogP contribution in [0.4, 0.5) is 10.6 Å². The number of halogens is 1. The first-order valence-corrected chi connectivity index (χ1v) is 17.3. The number of carbonyl (C=O) groups is 2. The molecule has 252 valence electrons. The summed E-state index contributed by atoms with van der Waals surface area (Å²) in [6, 6.07) is 7.84. The largest absolute Gasteiger partial charge is 0.490 e. The fourth-order valence-corrected chi connectivity index (χ4v) is 7.66. The van der Waals surface area contributed by atoms with Gasteiger partial charge >= 0.3 is 6.09 Å². The standard InChI is InChI=1S/C35H46ClN7O4/c1-34(2,3)47-33(45)43-12-10-35(11-13-43)19-26(20-35)41-14-16-42(17-15-41)31-23-38-30(22-39-31)32(44)40-25-5-8-27(9-6-25)46-28-7-4-24(21-37)29(36)18-28/h4,7,18,22-23,25-27H,5-6,8-17,19-20H2,1-3H3,(H,40,44). The van der Waals surface area contributed by atoms with Crippen LogP contribution in [0, 0.1) is 16.7 Å². The average molecular weight is 664 g/mol. The summed E-state index contributed by atoms with van der Waals surface area (Å²) >= 11 is 6.13. The number of hydrogen-bond donors (Lipinski definition) is 1. The van der Waals surface area contributed by atoms with Crippen molar-refractivity contribution in [2.24, 2.45) is 5.41 Å². The van der Waals surface area contributed by atoms with Gasteiger partial charge in [0.05, 0.1) is 29.1 Å². The third kappa shape index (κ3) is 8.10. The number of carbonyl (C=O) groups excluding carboxylic acids is 2. The van der Waals surface area contributed by atoms with E-state index < -0.39 is 5.60 Å². The molecule has 2 aliphatic carbocycles. The normalized spacial score (nSPS) is 23.5. The lowest BCUT2D eigenvalue weighted by Crippen LogP contribution is -2.59. The number of ether oxygens (including phenoxy) is 2. The average Bonchev–Trinajstić information content (AvgIpc) is 3.04.